The Morgan fingerprint density at radius 2 is 1.27 bits per heavy atom. The van der Waals surface area contributed by atoms with Crippen LogP contribution in [0.1, 0.15) is 114 Å². The van der Waals surface area contributed by atoms with Gasteiger partial charge in [-0.25, -0.2) is 0 Å². The smallest absolute Gasteiger partial charge is 0.307 e. The summed E-state index contributed by atoms with van der Waals surface area (Å²) in [5.41, 5.74) is 15.9. The second-order valence-corrected chi connectivity index (χ2v) is 26.7. The Labute approximate surface area is 593 Å². The number of hydrogen-bond donors (Lipinski definition) is 12. The molecule has 3 saturated heterocycles. The Morgan fingerprint density at radius 1 is 0.650 bits per heavy atom. The number of aryl methyl sites for hydroxylation is 2. The van der Waals surface area contributed by atoms with E-state index in [1.54, 1.807) is 26.0 Å². The number of amides is 11. The quantitative estimate of drug-likeness (QED) is 0.0543. The number of benzene rings is 4. The van der Waals surface area contributed by atoms with Gasteiger partial charge in [-0.15, -0.1) is 0 Å². The molecule has 0 saturated carbocycles. The van der Waals surface area contributed by atoms with Crippen LogP contribution in [0.25, 0.3) is 21.9 Å². The molecule has 7 rings (SSSR count). The van der Waals surface area contributed by atoms with E-state index in [0.29, 0.717) is 0 Å². The fourth-order valence-electron chi connectivity index (χ4n) is 12.7. The summed E-state index contributed by atoms with van der Waals surface area (Å²) < 4.78 is 4.69. The second-order valence-electron chi connectivity index (χ2n) is 26.7. The number of fused-ring (bicyclic) bond motifs is 3. The maximum Gasteiger partial charge on any atom is 0.307 e. The molecular formula is C72H90N12O19. The van der Waals surface area contributed by atoms with Crippen LogP contribution in [0.2, 0.25) is 0 Å². The van der Waals surface area contributed by atoms with Gasteiger partial charge in [-0.05, 0) is 116 Å². The Balaban J connectivity index is 1.20. The van der Waals surface area contributed by atoms with Gasteiger partial charge in [0.15, 0.2) is 11.6 Å². The van der Waals surface area contributed by atoms with Gasteiger partial charge in [0, 0.05) is 37.5 Å². The molecule has 3 aliphatic heterocycles. The van der Waals surface area contributed by atoms with E-state index in [0.717, 1.165) is 46.6 Å². The summed E-state index contributed by atoms with van der Waals surface area (Å²) in [5, 5.41) is 41.3. The molecule has 31 nitrogen and oxygen atoms in total. The van der Waals surface area contributed by atoms with Crippen LogP contribution in [0.15, 0.2) is 91.0 Å². The molecule has 103 heavy (non-hydrogen) atoms. The molecule has 4 aromatic carbocycles. The van der Waals surface area contributed by atoms with Crippen molar-refractivity contribution in [2.75, 3.05) is 32.8 Å². The number of rotatable bonds is 19. The minimum absolute atomic E-state index is 0.0145. The van der Waals surface area contributed by atoms with Gasteiger partial charge in [0.2, 0.25) is 59.1 Å². The van der Waals surface area contributed by atoms with Crippen molar-refractivity contribution in [3.8, 4) is 11.1 Å². The van der Waals surface area contributed by atoms with Crippen LogP contribution in [0, 0.1) is 23.7 Å². The number of aliphatic carboxylic acids is 2. The van der Waals surface area contributed by atoms with Crippen molar-refractivity contribution in [2.24, 2.45) is 35.1 Å². The maximum atomic E-state index is 15.5. The zero-order chi connectivity index (χ0) is 75.4. The molecule has 0 aliphatic carbocycles. The molecule has 3 fully saturated rings. The zero-order valence-electron chi connectivity index (χ0n) is 57.9. The molecular weight excluding hydrogens is 1340 g/mol. The maximum absolute atomic E-state index is 15.5. The third-order valence-corrected chi connectivity index (χ3v) is 18.7. The standard InChI is InChI=1S/C72H90N12O19/c1-38(2)61-70(99)84-27-11-15-56(84)69(98)77-41(5)62(82-68(97)52(32-58(74)88)79-63(92)45-22-20-44(21-23-45)47-25-24-46-28-43(18-19-48(46)29-47)17-16-42-12-7-6-8-13-42)71(100)83-26-10-9-14-55(83)57(87)31-50(39(3)72(101)102)64(93)80-53(33-60(90)91)66(95)76-35-59(89)78-54(36-103-37-85)67(96)75-34-49(86)30-51(40(4)73)65(94)81-61/h6-8,12-13,18-25,28-29,37-41,50-56,61-62H,9-11,14-17,26-27,30-36,73H2,1-5H3,(H2,74,88)(H,75,96)(H,76,95)(H,77,98)(H,78,89)(H,79,92)(H,80,93)(H,81,94)(H,82,97)(H,90,91)(H,101,102)/t39?,40?,41-,50+,51-,52+,53+,54?,55-,56+,61+,62?/m1/s1. The number of nitrogens with zero attached hydrogens (tertiary/aromatic N) is 2. The molecule has 3 aliphatic rings. The Morgan fingerprint density at radius 3 is 1.93 bits per heavy atom. The van der Waals surface area contributed by atoms with E-state index in [2.05, 4.69) is 66.8 Å². The van der Waals surface area contributed by atoms with Gasteiger partial charge in [0.1, 0.15) is 42.9 Å². The Kier molecular flexibility index (Phi) is 28.6. The molecule has 0 radical (unpaired) electrons. The predicted octanol–water partition coefficient (Wildman–Crippen LogP) is -0.150. The van der Waals surface area contributed by atoms with Crippen LogP contribution in [-0.2, 0) is 89.5 Å². The summed E-state index contributed by atoms with van der Waals surface area (Å²) in [7, 11) is 0. The molecule has 0 aromatic heterocycles. The van der Waals surface area contributed by atoms with Crippen LogP contribution in [0.3, 0.4) is 0 Å². The number of carbonyl (C=O) groups is 16. The minimum atomic E-state index is -2.05. The molecule has 0 spiro atoms. The second kappa shape index (κ2) is 37.1. The van der Waals surface area contributed by atoms with E-state index in [1.165, 1.54) is 42.0 Å². The van der Waals surface area contributed by atoms with Crippen molar-refractivity contribution in [1.82, 2.24) is 52.3 Å². The van der Waals surface area contributed by atoms with Crippen molar-refractivity contribution in [3.63, 3.8) is 0 Å². The van der Waals surface area contributed by atoms with Crippen LogP contribution in [0.4, 0.5) is 0 Å². The van der Waals surface area contributed by atoms with E-state index >= 15 is 4.79 Å². The van der Waals surface area contributed by atoms with Gasteiger partial charge >= 0.3 is 11.9 Å². The molecule has 0 bridgehead atoms. The summed E-state index contributed by atoms with van der Waals surface area (Å²) in [4.78, 5) is 222. The normalized spacial score (nSPS) is 23.7. The summed E-state index contributed by atoms with van der Waals surface area (Å²) >= 11 is 0. The minimum Gasteiger partial charge on any atom is -0.481 e. The van der Waals surface area contributed by atoms with E-state index in [1.807, 2.05) is 42.5 Å². The highest BCUT2D eigenvalue weighted by Gasteiger charge is 2.45. The highest BCUT2D eigenvalue weighted by molar-refractivity contribution is 6.03. The number of nitrogens with two attached hydrogens (primary N) is 2. The lowest BCUT2D eigenvalue weighted by Gasteiger charge is -2.39. The third-order valence-electron chi connectivity index (χ3n) is 18.7. The van der Waals surface area contributed by atoms with Gasteiger partial charge < -0.3 is 78.8 Å². The molecule has 31 heteroatoms. The Bertz CT molecular complexity index is 3850. The first-order chi connectivity index (χ1) is 48.9. The van der Waals surface area contributed by atoms with Gasteiger partial charge in [0.05, 0.1) is 55.8 Å². The van der Waals surface area contributed by atoms with Crippen LogP contribution >= 0.6 is 0 Å². The first kappa shape index (κ1) is 79.3. The largest absolute Gasteiger partial charge is 0.481 e. The van der Waals surface area contributed by atoms with Crippen LogP contribution in [0.5, 0.6) is 0 Å². The van der Waals surface area contributed by atoms with Crippen molar-refractivity contribution in [3.05, 3.63) is 108 Å². The molecule has 4 unspecified atom stereocenters. The monoisotopic (exact) mass is 1430 g/mol. The number of carboxylic acid groups (broad SMARTS) is 2. The predicted molar refractivity (Wildman–Crippen MR) is 370 cm³/mol. The fraction of sp³-hybridized carbons (Fsp3) is 0.472. The number of Topliss-reactive ketones (excluding diaryl/α,β-unsaturated/α-hetero) is 2. The molecule has 3 heterocycles. The Hall–Kier alpha value is -11.0. The number of carbonyl (C=O) groups excluding carboxylic acids is 14. The highest BCUT2D eigenvalue weighted by Crippen LogP contribution is 2.29. The lowest BCUT2D eigenvalue weighted by Crippen LogP contribution is -2.64. The third kappa shape index (κ3) is 22.0. The van der Waals surface area contributed by atoms with Gasteiger partial charge in [-0.3, -0.25) is 76.7 Å². The van der Waals surface area contributed by atoms with E-state index in [9.17, 15) is 82.1 Å². The lowest BCUT2D eigenvalue weighted by atomic mass is 9.84. The van der Waals surface area contributed by atoms with Gasteiger partial charge in [0.25, 0.3) is 12.4 Å². The van der Waals surface area contributed by atoms with Gasteiger partial charge in [-0.1, -0.05) is 93.6 Å². The van der Waals surface area contributed by atoms with E-state index in [-0.39, 0.29) is 57.2 Å². The zero-order valence-corrected chi connectivity index (χ0v) is 57.9. The van der Waals surface area contributed by atoms with Crippen molar-refractivity contribution < 1.29 is 91.7 Å². The number of carboxylic acids is 2. The lowest BCUT2D eigenvalue weighted by molar-refractivity contribution is -0.150. The van der Waals surface area contributed by atoms with Crippen molar-refractivity contribution in [2.45, 2.75) is 160 Å². The summed E-state index contributed by atoms with van der Waals surface area (Å²) in [6.07, 6.45) is -1.11. The first-order valence-electron chi connectivity index (χ1n) is 34.2. The van der Waals surface area contributed by atoms with Crippen molar-refractivity contribution >= 4 is 106 Å². The van der Waals surface area contributed by atoms with E-state index < -0.39 is 212 Å². The SMILES string of the molecule is CC(C(=O)O)[C@@H]1CC(=O)[C@H]2CCCCN2C(=O)C(NC(=O)[C@H](CC(N)=O)NC(=O)c2ccc(-c3ccc4cc(CCc5ccccc5)ccc4c3)cc2)[C@@H](C)NC(=O)[C@@H]2CCCN2C(=O)[C@H](C(C)C)NC(=O)[C@@H](C(C)N)CC(=O)CNC(=O)C(COC=O)NC(=O)CNC(=O)[C@H](CC(=O)O)NC1=O. The average molecular weight is 1430 g/mol. The molecule has 4 aromatic rings. The number of piperidine rings is 1. The number of primary amides is 1. The molecule has 11 amide bonds. The number of ketones is 2. The molecule has 552 valence electrons. The fourth-order valence-corrected chi connectivity index (χ4v) is 12.7. The molecule has 14 N–H and O–H groups in total. The van der Waals surface area contributed by atoms with E-state index in [4.69, 9.17) is 16.2 Å². The number of nitrogens with one attached hydrogen (secondary N) is 8. The number of ether oxygens (including phenoxy) is 1. The van der Waals surface area contributed by atoms with Crippen molar-refractivity contribution in [1.29, 1.82) is 0 Å². The average Bonchev–Trinajstić information content (AvgIpc) is 1.62. The summed E-state index contributed by atoms with van der Waals surface area (Å²) in [6, 6.07) is 14.7. The first-order valence-corrected chi connectivity index (χ1v) is 34.2. The highest BCUT2D eigenvalue weighted by atomic mass is 16.5. The van der Waals surface area contributed by atoms with Crippen LogP contribution < -0.4 is 54.0 Å². The molecule has 12 atom stereocenters. The summed E-state index contributed by atoms with van der Waals surface area (Å²) in [5.74, 6) is -22.1. The number of hydrogen-bond acceptors (Lipinski definition) is 18. The topological polar surface area (TPSA) is 478 Å². The van der Waals surface area contributed by atoms with Gasteiger partial charge in [-0.2, -0.15) is 0 Å². The summed E-state index contributed by atoms with van der Waals surface area (Å²) in [6.45, 7) is 4.10. The van der Waals surface area contributed by atoms with Crippen LogP contribution in [-0.4, -0.2) is 202 Å².